The molecule has 6 heteroatoms. The van der Waals surface area contributed by atoms with Crippen LogP contribution in [0, 0.1) is 0 Å². The van der Waals surface area contributed by atoms with Gasteiger partial charge in [0, 0.05) is 18.5 Å². The van der Waals surface area contributed by atoms with Crippen molar-refractivity contribution in [1.82, 2.24) is 9.97 Å². The van der Waals surface area contributed by atoms with E-state index in [1.54, 1.807) is 18.5 Å². The number of nitrogens with one attached hydrogen (secondary N) is 1. The lowest BCUT2D eigenvalue weighted by Gasteiger charge is -2.00. The van der Waals surface area contributed by atoms with Crippen LogP contribution in [-0.4, -0.2) is 22.5 Å². The Labute approximate surface area is 137 Å². The molecule has 0 aliphatic rings. The topological polar surface area (TPSA) is 64.1 Å². The number of aromatic nitrogens is 2. The van der Waals surface area contributed by atoms with E-state index < -0.39 is 0 Å². The zero-order valence-electron chi connectivity index (χ0n) is 12.5. The van der Waals surface area contributed by atoms with Crippen LogP contribution in [0.15, 0.2) is 48.8 Å². The molecule has 0 aliphatic heterocycles. The lowest BCUT2D eigenvalue weighted by molar-refractivity contribution is -0.111. The van der Waals surface area contributed by atoms with Crippen LogP contribution in [0.1, 0.15) is 12.5 Å². The Morgan fingerprint density at radius 1 is 1.39 bits per heavy atom. The first-order valence-corrected chi connectivity index (χ1v) is 7.99. The van der Waals surface area contributed by atoms with E-state index in [0.717, 1.165) is 21.5 Å². The van der Waals surface area contributed by atoms with Gasteiger partial charge >= 0.3 is 0 Å². The van der Waals surface area contributed by atoms with E-state index in [1.165, 1.54) is 17.4 Å². The van der Waals surface area contributed by atoms with Gasteiger partial charge in [-0.3, -0.25) is 15.1 Å². The molecule has 1 amide bonds. The van der Waals surface area contributed by atoms with Crippen LogP contribution in [0.4, 0.5) is 5.13 Å². The van der Waals surface area contributed by atoms with E-state index in [4.69, 9.17) is 4.74 Å². The smallest absolute Gasteiger partial charge is 0.250 e. The molecule has 116 valence electrons. The summed E-state index contributed by atoms with van der Waals surface area (Å²) in [5.74, 6) is 0.580. The molecule has 2 heterocycles. The van der Waals surface area contributed by atoms with Crippen molar-refractivity contribution in [2.24, 2.45) is 0 Å². The van der Waals surface area contributed by atoms with Crippen LogP contribution in [0.2, 0.25) is 0 Å². The summed E-state index contributed by atoms with van der Waals surface area (Å²) in [6, 6.07) is 9.39. The first kappa shape index (κ1) is 15.2. The maximum atomic E-state index is 12.0. The van der Waals surface area contributed by atoms with Crippen LogP contribution >= 0.6 is 11.3 Å². The van der Waals surface area contributed by atoms with Crippen LogP contribution < -0.4 is 10.1 Å². The van der Waals surface area contributed by atoms with Crippen molar-refractivity contribution in [2.45, 2.75) is 6.92 Å². The SMILES string of the molecule is CCOc1ccc2nc(NC(=O)C=Cc3cccnc3)sc2c1. The highest BCUT2D eigenvalue weighted by atomic mass is 32.1. The largest absolute Gasteiger partial charge is 0.494 e. The summed E-state index contributed by atoms with van der Waals surface area (Å²) >= 11 is 1.42. The van der Waals surface area contributed by atoms with E-state index in [-0.39, 0.29) is 5.91 Å². The minimum absolute atomic E-state index is 0.224. The van der Waals surface area contributed by atoms with Gasteiger partial charge in [0.05, 0.1) is 16.8 Å². The quantitative estimate of drug-likeness (QED) is 0.726. The predicted molar refractivity (Wildman–Crippen MR) is 92.7 cm³/mol. The van der Waals surface area contributed by atoms with Crippen molar-refractivity contribution in [3.8, 4) is 5.75 Å². The molecular formula is C17H15N3O2S. The summed E-state index contributed by atoms with van der Waals surface area (Å²) in [5.41, 5.74) is 1.71. The zero-order chi connectivity index (χ0) is 16.1. The molecule has 0 radical (unpaired) electrons. The summed E-state index contributed by atoms with van der Waals surface area (Å²) < 4.78 is 6.44. The summed E-state index contributed by atoms with van der Waals surface area (Å²) in [5, 5.41) is 3.34. The van der Waals surface area contributed by atoms with Crippen molar-refractivity contribution >= 4 is 38.7 Å². The fourth-order valence-electron chi connectivity index (χ4n) is 2.01. The zero-order valence-corrected chi connectivity index (χ0v) is 13.3. The fraction of sp³-hybridized carbons (Fsp3) is 0.118. The Kier molecular flexibility index (Phi) is 4.63. The molecule has 1 N–H and O–H groups in total. The van der Waals surface area contributed by atoms with E-state index in [9.17, 15) is 4.79 Å². The summed E-state index contributed by atoms with van der Waals surface area (Å²) in [7, 11) is 0. The number of carbonyl (C=O) groups excluding carboxylic acids is 1. The molecule has 0 unspecified atom stereocenters. The Balaban J connectivity index is 1.71. The van der Waals surface area contributed by atoms with E-state index in [1.807, 2.05) is 37.3 Å². The van der Waals surface area contributed by atoms with Gasteiger partial charge in [0.1, 0.15) is 5.75 Å². The molecule has 23 heavy (non-hydrogen) atoms. The Morgan fingerprint density at radius 2 is 2.30 bits per heavy atom. The molecule has 1 aromatic carbocycles. The minimum atomic E-state index is -0.224. The Morgan fingerprint density at radius 3 is 3.09 bits per heavy atom. The highest BCUT2D eigenvalue weighted by molar-refractivity contribution is 7.22. The number of amides is 1. The molecule has 0 bridgehead atoms. The third-order valence-corrected chi connectivity index (χ3v) is 3.95. The second-order valence-electron chi connectivity index (χ2n) is 4.69. The summed E-state index contributed by atoms with van der Waals surface area (Å²) in [6.45, 7) is 2.56. The number of hydrogen-bond donors (Lipinski definition) is 1. The van der Waals surface area contributed by atoms with Crippen LogP contribution in [0.3, 0.4) is 0 Å². The maximum absolute atomic E-state index is 12.0. The fourth-order valence-corrected chi connectivity index (χ4v) is 2.91. The third-order valence-electron chi connectivity index (χ3n) is 3.01. The molecule has 3 rings (SSSR count). The average molecular weight is 325 g/mol. The molecule has 5 nitrogen and oxygen atoms in total. The van der Waals surface area contributed by atoms with E-state index in [2.05, 4.69) is 15.3 Å². The molecule has 0 saturated heterocycles. The van der Waals surface area contributed by atoms with E-state index in [0.29, 0.717) is 11.7 Å². The lowest BCUT2D eigenvalue weighted by atomic mass is 10.2. The maximum Gasteiger partial charge on any atom is 0.250 e. The highest BCUT2D eigenvalue weighted by Gasteiger charge is 2.07. The second-order valence-corrected chi connectivity index (χ2v) is 5.72. The van der Waals surface area contributed by atoms with Gasteiger partial charge in [-0.25, -0.2) is 4.98 Å². The van der Waals surface area contributed by atoms with Crippen molar-refractivity contribution in [2.75, 3.05) is 11.9 Å². The van der Waals surface area contributed by atoms with Crippen LogP contribution in [-0.2, 0) is 4.79 Å². The van der Waals surface area contributed by atoms with Gasteiger partial charge in [0.15, 0.2) is 5.13 Å². The molecule has 2 aromatic heterocycles. The summed E-state index contributed by atoms with van der Waals surface area (Å²) in [4.78, 5) is 20.3. The number of fused-ring (bicyclic) bond motifs is 1. The predicted octanol–water partition coefficient (Wildman–Crippen LogP) is 3.74. The second kappa shape index (κ2) is 7.02. The molecule has 0 aliphatic carbocycles. The van der Waals surface area contributed by atoms with Gasteiger partial charge in [0.2, 0.25) is 5.91 Å². The van der Waals surface area contributed by atoms with Gasteiger partial charge < -0.3 is 4.74 Å². The third kappa shape index (κ3) is 3.92. The highest BCUT2D eigenvalue weighted by Crippen LogP contribution is 2.29. The molecule has 0 saturated carbocycles. The first-order chi connectivity index (χ1) is 11.2. The van der Waals surface area contributed by atoms with Crippen LogP contribution in [0.25, 0.3) is 16.3 Å². The number of carbonyl (C=O) groups is 1. The van der Waals surface area contributed by atoms with Crippen molar-refractivity contribution in [3.63, 3.8) is 0 Å². The monoisotopic (exact) mass is 325 g/mol. The molecule has 0 spiro atoms. The van der Waals surface area contributed by atoms with Gasteiger partial charge in [-0.1, -0.05) is 17.4 Å². The van der Waals surface area contributed by atoms with Gasteiger partial charge in [-0.05, 0) is 42.8 Å². The summed E-state index contributed by atoms with van der Waals surface area (Å²) in [6.07, 6.45) is 6.56. The minimum Gasteiger partial charge on any atom is -0.494 e. The van der Waals surface area contributed by atoms with Crippen molar-refractivity contribution in [1.29, 1.82) is 0 Å². The number of ether oxygens (including phenoxy) is 1. The number of nitrogens with zero attached hydrogens (tertiary/aromatic N) is 2. The number of rotatable bonds is 5. The Bertz CT molecular complexity index is 843. The number of anilines is 1. The van der Waals surface area contributed by atoms with E-state index >= 15 is 0 Å². The number of benzene rings is 1. The average Bonchev–Trinajstić information content (AvgIpc) is 2.95. The van der Waals surface area contributed by atoms with Crippen LogP contribution in [0.5, 0.6) is 5.75 Å². The molecule has 0 atom stereocenters. The first-order valence-electron chi connectivity index (χ1n) is 7.17. The number of thiazole rings is 1. The van der Waals surface area contributed by atoms with Gasteiger partial charge in [-0.2, -0.15) is 0 Å². The number of pyridine rings is 1. The number of hydrogen-bond acceptors (Lipinski definition) is 5. The van der Waals surface area contributed by atoms with Gasteiger partial charge in [-0.15, -0.1) is 0 Å². The standard InChI is InChI=1S/C17H15N3O2S/c1-2-22-13-6-7-14-15(10-13)23-17(19-14)20-16(21)8-5-12-4-3-9-18-11-12/h3-11H,2H2,1H3,(H,19,20,21). The van der Waals surface area contributed by atoms with Crippen molar-refractivity contribution in [3.05, 3.63) is 54.4 Å². The molecule has 3 aromatic rings. The normalized spacial score (nSPS) is 11.0. The van der Waals surface area contributed by atoms with Gasteiger partial charge in [0.25, 0.3) is 0 Å². The molecular weight excluding hydrogens is 310 g/mol. The Hall–Kier alpha value is -2.73. The van der Waals surface area contributed by atoms with Crippen molar-refractivity contribution < 1.29 is 9.53 Å². The lowest BCUT2D eigenvalue weighted by Crippen LogP contribution is -2.07. The molecule has 0 fully saturated rings.